The average Bonchev–Trinajstić information content (AvgIpc) is 3.06. The zero-order valence-electron chi connectivity index (χ0n) is 12.9. The van der Waals surface area contributed by atoms with Crippen molar-refractivity contribution in [2.24, 2.45) is 0 Å². The van der Waals surface area contributed by atoms with Crippen LogP contribution in [0.2, 0.25) is 5.02 Å². The summed E-state index contributed by atoms with van der Waals surface area (Å²) in [7, 11) is 0. The second kappa shape index (κ2) is 8.13. The molecule has 0 fully saturated rings. The van der Waals surface area contributed by atoms with Gasteiger partial charge in [0.2, 0.25) is 17.6 Å². The van der Waals surface area contributed by atoms with Crippen LogP contribution in [0.15, 0.2) is 53.1 Å². The molecule has 3 aromatic rings. The predicted octanol–water partition coefficient (Wildman–Crippen LogP) is 4.40. The number of carbonyl (C=O) groups excluding carboxylic acids is 1. The Balaban J connectivity index is 1.49. The molecule has 1 amide bonds. The minimum Gasteiger partial charge on any atom is -0.338 e. The van der Waals surface area contributed by atoms with E-state index >= 15 is 0 Å². The fraction of sp³-hybridized carbons (Fsp3) is 0.118. The van der Waals surface area contributed by atoms with Gasteiger partial charge < -0.3 is 9.84 Å². The van der Waals surface area contributed by atoms with Crippen LogP contribution in [-0.2, 0) is 10.5 Å². The van der Waals surface area contributed by atoms with Crippen LogP contribution in [0.5, 0.6) is 0 Å². The van der Waals surface area contributed by atoms with Gasteiger partial charge >= 0.3 is 0 Å². The third-order valence-corrected chi connectivity index (χ3v) is 4.31. The molecule has 0 bridgehead atoms. The van der Waals surface area contributed by atoms with Crippen molar-refractivity contribution in [2.75, 3.05) is 11.1 Å². The summed E-state index contributed by atoms with van der Waals surface area (Å²) in [5.74, 6) is 0.815. The predicted molar refractivity (Wildman–Crippen MR) is 95.9 cm³/mol. The number of thioether (sulfide) groups is 1. The van der Waals surface area contributed by atoms with Gasteiger partial charge in [-0.15, -0.1) is 11.8 Å². The van der Waals surface area contributed by atoms with Gasteiger partial charge in [-0.1, -0.05) is 28.9 Å². The van der Waals surface area contributed by atoms with Crippen molar-refractivity contribution < 1.29 is 13.7 Å². The van der Waals surface area contributed by atoms with E-state index in [4.69, 9.17) is 16.1 Å². The average molecular weight is 378 g/mol. The van der Waals surface area contributed by atoms with Gasteiger partial charge in [-0.2, -0.15) is 4.98 Å². The number of anilines is 1. The molecule has 0 saturated heterocycles. The highest BCUT2D eigenvalue weighted by atomic mass is 35.5. The second-order valence-electron chi connectivity index (χ2n) is 5.07. The van der Waals surface area contributed by atoms with Gasteiger partial charge in [0.15, 0.2) is 0 Å². The third kappa shape index (κ3) is 5.04. The number of hydrogen-bond donors (Lipinski definition) is 1. The molecule has 25 heavy (non-hydrogen) atoms. The Kier molecular flexibility index (Phi) is 5.67. The molecule has 0 aliphatic carbocycles. The number of benzene rings is 2. The lowest BCUT2D eigenvalue weighted by Gasteiger charge is -2.04. The third-order valence-electron chi connectivity index (χ3n) is 3.14. The lowest BCUT2D eigenvalue weighted by atomic mass is 10.2. The molecule has 1 aromatic heterocycles. The molecule has 0 atom stereocenters. The molecule has 0 aliphatic rings. The van der Waals surface area contributed by atoms with E-state index in [2.05, 4.69) is 15.5 Å². The van der Waals surface area contributed by atoms with Gasteiger partial charge in [0.05, 0.1) is 11.5 Å². The summed E-state index contributed by atoms with van der Waals surface area (Å²) in [4.78, 5) is 16.1. The molecule has 0 aliphatic heterocycles. The van der Waals surface area contributed by atoms with Gasteiger partial charge in [0.25, 0.3) is 0 Å². The quantitative estimate of drug-likeness (QED) is 0.689. The van der Waals surface area contributed by atoms with E-state index in [9.17, 15) is 9.18 Å². The zero-order chi connectivity index (χ0) is 17.6. The van der Waals surface area contributed by atoms with Crippen molar-refractivity contribution in [3.8, 4) is 11.4 Å². The van der Waals surface area contributed by atoms with Crippen LogP contribution in [0.4, 0.5) is 10.1 Å². The number of nitrogens with one attached hydrogen (secondary N) is 1. The normalized spacial score (nSPS) is 10.6. The van der Waals surface area contributed by atoms with Gasteiger partial charge in [0.1, 0.15) is 5.82 Å². The lowest BCUT2D eigenvalue weighted by molar-refractivity contribution is -0.113. The van der Waals surface area contributed by atoms with Crippen molar-refractivity contribution in [2.45, 2.75) is 5.75 Å². The molecule has 0 spiro atoms. The Morgan fingerprint density at radius 3 is 2.80 bits per heavy atom. The highest BCUT2D eigenvalue weighted by Gasteiger charge is 2.10. The summed E-state index contributed by atoms with van der Waals surface area (Å²) in [5.41, 5.74) is 1.22. The van der Waals surface area contributed by atoms with Crippen molar-refractivity contribution >= 4 is 35.0 Å². The minimum absolute atomic E-state index is 0.141. The van der Waals surface area contributed by atoms with Crippen LogP contribution < -0.4 is 5.32 Å². The Hall–Kier alpha value is -2.38. The molecule has 1 heterocycles. The van der Waals surface area contributed by atoms with Gasteiger partial charge in [-0.25, -0.2) is 4.39 Å². The molecule has 8 heteroatoms. The summed E-state index contributed by atoms with van der Waals surface area (Å²) in [5, 5.41) is 7.20. The molecule has 3 rings (SSSR count). The zero-order valence-corrected chi connectivity index (χ0v) is 14.5. The smallest absolute Gasteiger partial charge is 0.236 e. The fourth-order valence-corrected chi connectivity index (χ4v) is 2.80. The largest absolute Gasteiger partial charge is 0.338 e. The number of halogens is 2. The van der Waals surface area contributed by atoms with E-state index in [0.29, 0.717) is 33.7 Å². The number of rotatable bonds is 6. The van der Waals surface area contributed by atoms with Crippen LogP contribution in [0.3, 0.4) is 0 Å². The number of carbonyl (C=O) groups is 1. The summed E-state index contributed by atoms with van der Waals surface area (Å²) >= 11 is 7.13. The van der Waals surface area contributed by atoms with Crippen LogP contribution >= 0.6 is 23.4 Å². The summed E-state index contributed by atoms with van der Waals surface area (Å²) in [6, 6.07) is 12.8. The van der Waals surface area contributed by atoms with Crippen molar-refractivity contribution in [1.82, 2.24) is 10.1 Å². The molecule has 0 saturated carbocycles. The van der Waals surface area contributed by atoms with Gasteiger partial charge in [-0.05, 0) is 36.4 Å². The van der Waals surface area contributed by atoms with E-state index in [1.54, 1.807) is 36.4 Å². The molecule has 5 nitrogen and oxygen atoms in total. The second-order valence-corrected chi connectivity index (χ2v) is 6.49. The van der Waals surface area contributed by atoms with E-state index in [1.165, 1.54) is 23.9 Å². The summed E-state index contributed by atoms with van der Waals surface area (Å²) in [6.45, 7) is 0. The summed E-state index contributed by atoms with van der Waals surface area (Å²) < 4.78 is 18.3. The standard InChI is InChI=1S/C17H13ClFN3O2S/c18-12-4-6-14(7-5-12)20-15(23)9-25-10-16-21-17(22-24-16)11-2-1-3-13(19)8-11/h1-8H,9-10H2,(H,20,23). The Morgan fingerprint density at radius 2 is 2.04 bits per heavy atom. The van der Waals surface area contributed by atoms with Gasteiger partial charge in [-0.3, -0.25) is 4.79 Å². The first-order chi connectivity index (χ1) is 12.1. The minimum atomic E-state index is -0.364. The molecule has 2 aromatic carbocycles. The highest BCUT2D eigenvalue weighted by molar-refractivity contribution is 7.99. The Morgan fingerprint density at radius 1 is 1.24 bits per heavy atom. The van der Waals surface area contributed by atoms with E-state index < -0.39 is 0 Å². The van der Waals surface area contributed by atoms with Gasteiger partial charge in [0, 0.05) is 16.3 Å². The van der Waals surface area contributed by atoms with Crippen molar-refractivity contribution in [3.63, 3.8) is 0 Å². The molecule has 0 unspecified atom stereocenters. The molecule has 0 radical (unpaired) electrons. The highest BCUT2D eigenvalue weighted by Crippen LogP contribution is 2.19. The SMILES string of the molecule is O=C(CSCc1nc(-c2cccc(F)c2)no1)Nc1ccc(Cl)cc1. The first-order valence-corrected chi connectivity index (χ1v) is 8.85. The van der Waals surface area contributed by atoms with Crippen molar-refractivity contribution in [3.05, 3.63) is 65.3 Å². The first kappa shape index (κ1) is 17.4. The number of aromatic nitrogens is 2. The first-order valence-electron chi connectivity index (χ1n) is 7.32. The monoisotopic (exact) mass is 377 g/mol. The van der Waals surface area contributed by atoms with E-state index in [0.717, 1.165) is 0 Å². The van der Waals surface area contributed by atoms with Crippen LogP contribution in [-0.4, -0.2) is 21.8 Å². The maximum absolute atomic E-state index is 13.2. The maximum atomic E-state index is 13.2. The van der Waals surface area contributed by atoms with Crippen LogP contribution in [0, 0.1) is 5.82 Å². The molecular formula is C17H13ClFN3O2S. The van der Waals surface area contributed by atoms with E-state index in [-0.39, 0.29) is 17.5 Å². The lowest BCUT2D eigenvalue weighted by Crippen LogP contribution is -2.14. The van der Waals surface area contributed by atoms with Crippen molar-refractivity contribution in [1.29, 1.82) is 0 Å². The molecule has 1 N–H and O–H groups in total. The fourth-order valence-electron chi connectivity index (χ4n) is 2.02. The number of amides is 1. The van der Waals surface area contributed by atoms with Crippen LogP contribution in [0.1, 0.15) is 5.89 Å². The van der Waals surface area contributed by atoms with E-state index in [1.807, 2.05) is 0 Å². The number of hydrogen-bond acceptors (Lipinski definition) is 5. The molecule has 128 valence electrons. The number of nitrogens with zero attached hydrogens (tertiary/aromatic N) is 2. The Labute approximate surface area is 152 Å². The summed E-state index contributed by atoms with van der Waals surface area (Å²) in [6.07, 6.45) is 0. The van der Waals surface area contributed by atoms with Crippen LogP contribution in [0.25, 0.3) is 11.4 Å². The molecular weight excluding hydrogens is 365 g/mol. The Bertz CT molecular complexity index is 870. The maximum Gasteiger partial charge on any atom is 0.236 e. The topological polar surface area (TPSA) is 68.0 Å².